The lowest BCUT2D eigenvalue weighted by atomic mass is 10.0. The number of hydrogen-bond donors (Lipinski definition) is 0. The first-order chi connectivity index (χ1) is 10.7. The molecule has 4 nitrogen and oxygen atoms in total. The molecule has 0 spiro atoms. The summed E-state index contributed by atoms with van der Waals surface area (Å²) in [5, 5.41) is 0. The molecule has 22 heavy (non-hydrogen) atoms. The molecule has 1 saturated heterocycles. The van der Waals surface area contributed by atoms with Crippen molar-refractivity contribution in [3.63, 3.8) is 0 Å². The summed E-state index contributed by atoms with van der Waals surface area (Å²) in [5.74, 6) is 1.80. The van der Waals surface area contributed by atoms with Crippen molar-refractivity contribution < 1.29 is 9.21 Å². The van der Waals surface area contributed by atoms with Crippen LogP contribution in [-0.2, 0) is 17.8 Å². The minimum absolute atomic E-state index is 0.0155. The molecule has 1 amide bonds. The largest absolute Gasteiger partial charge is 0.464 e. The molecule has 1 aliphatic heterocycles. The van der Waals surface area contributed by atoms with E-state index in [-0.39, 0.29) is 17.8 Å². The number of halogens is 1. The van der Waals surface area contributed by atoms with E-state index in [0.29, 0.717) is 6.54 Å². The highest BCUT2D eigenvalue weighted by atomic mass is 35.5. The Bertz CT molecular complexity index is 493. The molecule has 0 atom stereocenters. The molecule has 0 unspecified atom stereocenters. The van der Waals surface area contributed by atoms with Gasteiger partial charge in [0.25, 0.3) is 0 Å². The van der Waals surface area contributed by atoms with E-state index in [1.807, 2.05) is 23.1 Å². The third-order valence-corrected chi connectivity index (χ3v) is 4.44. The first kappa shape index (κ1) is 17.1. The van der Waals surface area contributed by atoms with E-state index in [2.05, 4.69) is 18.4 Å². The molecule has 0 aliphatic carbocycles. The summed E-state index contributed by atoms with van der Waals surface area (Å²) in [5.41, 5.74) is 0. The lowest BCUT2D eigenvalue weighted by molar-refractivity contribution is -0.132. The Kier molecular flexibility index (Phi) is 6.52. The minimum Gasteiger partial charge on any atom is -0.464 e. The molecular weight excluding hydrogens is 300 g/mol. The van der Waals surface area contributed by atoms with E-state index in [4.69, 9.17) is 16.0 Å². The van der Waals surface area contributed by atoms with Gasteiger partial charge in [0.2, 0.25) is 5.91 Å². The van der Waals surface area contributed by atoms with E-state index >= 15 is 0 Å². The van der Waals surface area contributed by atoms with Gasteiger partial charge in [-0.15, -0.1) is 18.2 Å². The summed E-state index contributed by atoms with van der Waals surface area (Å²) in [6.07, 6.45) is 4.73. The molecule has 1 aliphatic rings. The molecule has 1 aromatic heterocycles. The van der Waals surface area contributed by atoms with Crippen LogP contribution >= 0.6 is 11.6 Å². The average Bonchev–Trinajstić information content (AvgIpc) is 3.01. The number of aryl methyl sites for hydroxylation is 1. The van der Waals surface area contributed by atoms with Crippen molar-refractivity contribution in [2.75, 3.05) is 25.5 Å². The number of alkyl halides is 1. The predicted octanol–water partition coefficient (Wildman–Crippen LogP) is 3.06. The summed E-state index contributed by atoms with van der Waals surface area (Å²) >= 11 is 5.80. The molecule has 122 valence electrons. The minimum atomic E-state index is -0.0155. The van der Waals surface area contributed by atoms with Crippen LogP contribution in [0.25, 0.3) is 0 Å². The topological polar surface area (TPSA) is 36.7 Å². The first-order valence-corrected chi connectivity index (χ1v) is 8.47. The zero-order chi connectivity index (χ0) is 15.9. The SMILES string of the molecule is C=CCN1CCC(N(Cc2ccc(CC)o2)C(=O)CCl)CC1. The quantitative estimate of drug-likeness (QED) is 0.571. The normalized spacial score (nSPS) is 16.6. The monoisotopic (exact) mass is 324 g/mol. The number of carbonyl (C=O) groups excluding carboxylic acids is 1. The lowest BCUT2D eigenvalue weighted by Crippen LogP contribution is -2.47. The maximum Gasteiger partial charge on any atom is 0.238 e. The van der Waals surface area contributed by atoms with Crippen molar-refractivity contribution in [2.45, 2.75) is 38.8 Å². The number of furan rings is 1. The second kappa shape index (κ2) is 8.39. The van der Waals surface area contributed by atoms with Crippen LogP contribution in [0.5, 0.6) is 0 Å². The molecule has 0 N–H and O–H groups in total. The van der Waals surface area contributed by atoms with Crippen molar-refractivity contribution in [2.24, 2.45) is 0 Å². The standard InChI is InChI=1S/C17H25ClN2O2/c1-3-9-19-10-7-14(8-11-19)20(17(21)12-18)13-16-6-5-15(4-2)22-16/h3,5-6,14H,1,4,7-13H2,2H3. The van der Waals surface area contributed by atoms with Gasteiger partial charge < -0.3 is 9.32 Å². The number of likely N-dealkylation sites (tertiary alicyclic amines) is 1. The molecule has 0 radical (unpaired) electrons. The van der Waals surface area contributed by atoms with Gasteiger partial charge in [0, 0.05) is 32.1 Å². The number of carbonyl (C=O) groups is 1. The van der Waals surface area contributed by atoms with Gasteiger partial charge in [-0.25, -0.2) is 0 Å². The summed E-state index contributed by atoms with van der Waals surface area (Å²) in [4.78, 5) is 16.5. The molecule has 0 bridgehead atoms. The summed E-state index contributed by atoms with van der Waals surface area (Å²) in [6.45, 7) is 9.23. The summed E-state index contributed by atoms with van der Waals surface area (Å²) in [7, 11) is 0. The number of hydrogen-bond acceptors (Lipinski definition) is 3. The van der Waals surface area contributed by atoms with Crippen LogP contribution in [-0.4, -0.2) is 47.3 Å². The van der Waals surface area contributed by atoms with Crippen LogP contribution in [0.4, 0.5) is 0 Å². The van der Waals surface area contributed by atoms with Crippen LogP contribution in [0.2, 0.25) is 0 Å². The fraction of sp³-hybridized carbons (Fsp3) is 0.588. The zero-order valence-electron chi connectivity index (χ0n) is 13.3. The lowest BCUT2D eigenvalue weighted by Gasteiger charge is -2.37. The first-order valence-electron chi connectivity index (χ1n) is 7.94. The van der Waals surface area contributed by atoms with E-state index in [0.717, 1.165) is 50.4 Å². The van der Waals surface area contributed by atoms with Gasteiger partial charge in [0.15, 0.2) is 0 Å². The van der Waals surface area contributed by atoms with Crippen LogP contribution < -0.4 is 0 Å². The Hall–Kier alpha value is -1.26. The van der Waals surface area contributed by atoms with Crippen molar-refractivity contribution in [3.8, 4) is 0 Å². The second-order valence-corrected chi connectivity index (χ2v) is 5.96. The van der Waals surface area contributed by atoms with Crippen molar-refractivity contribution in [1.82, 2.24) is 9.80 Å². The number of piperidine rings is 1. The van der Waals surface area contributed by atoms with Gasteiger partial charge in [-0.1, -0.05) is 13.0 Å². The molecule has 2 heterocycles. The van der Waals surface area contributed by atoms with E-state index < -0.39 is 0 Å². The van der Waals surface area contributed by atoms with Crippen LogP contribution in [0, 0.1) is 0 Å². The Labute approximate surface area is 137 Å². The van der Waals surface area contributed by atoms with Crippen LogP contribution in [0.15, 0.2) is 29.2 Å². The molecule has 5 heteroatoms. The predicted molar refractivity (Wildman–Crippen MR) is 89.0 cm³/mol. The maximum atomic E-state index is 12.2. The maximum absolute atomic E-state index is 12.2. The van der Waals surface area contributed by atoms with Crippen molar-refractivity contribution in [3.05, 3.63) is 36.3 Å². The number of amides is 1. The third-order valence-electron chi connectivity index (χ3n) is 4.21. The fourth-order valence-corrected chi connectivity index (χ4v) is 3.11. The van der Waals surface area contributed by atoms with Crippen LogP contribution in [0.1, 0.15) is 31.3 Å². The number of nitrogens with zero attached hydrogens (tertiary/aromatic N) is 2. The summed E-state index contributed by atoms with van der Waals surface area (Å²) in [6, 6.07) is 4.17. The Morgan fingerprint density at radius 2 is 2.14 bits per heavy atom. The molecule has 1 fully saturated rings. The van der Waals surface area contributed by atoms with Crippen molar-refractivity contribution >= 4 is 17.5 Å². The van der Waals surface area contributed by atoms with Gasteiger partial charge in [-0.05, 0) is 25.0 Å². The zero-order valence-corrected chi connectivity index (χ0v) is 14.0. The van der Waals surface area contributed by atoms with E-state index in [1.54, 1.807) is 0 Å². The highest BCUT2D eigenvalue weighted by molar-refractivity contribution is 6.27. The third kappa shape index (κ3) is 4.37. The summed E-state index contributed by atoms with van der Waals surface area (Å²) < 4.78 is 5.75. The molecule has 0 aromatic carbocycles. The number of rotatable bonds is 7. The highest BCUT2D eigenvalue weighted by Gasteiger charge is 2.28. The Morgan fingerprint density at radius 3 is 2.68 bits per heavy atom. The van der Waals surface area contributed by atoms with Crippen LogP contribution in [0.3, 0.4) is 0 Å². The van der Waals surface area contributed by atoms with Crippen molar-refractivity contribution in [1.29, 1.82) is 0 Å². The van der Waals surface area contributed by atoms with Gasteiger partial charge in [0.05, 0.1) is 6.54 Å². The molecule has 0 saturated carbocycles. The molecular formula is C17H25ClN2O2. The smallest absolute Gasteiger partial charge is 0.238 e. The van der Waals surface area contributed by atoms with Gasteiger partial charge in [-0.2, -0.15) is 0 Å². The van der Waals surface area contributed by atoms with Gasteiger partial charge in [0.1, 0.15) is 17.4 Å². The second-order valence-electron chi connectivity index (χ2n) is 5.70. The molecule has 1 aromatic rings. The van der Waals surface area contributed by atoms with Gasteiger partial charge >= 0.3 is 0 Å². The molecule has 2 rings (SSSR count). The van der Waals surface area contributed by atoms with E-state index in [1.165, 1.54) is 0 Å². The Morgan fingerprint density at radius 1 is 1.45 bits per heavy atom. The van der Waals surface area contributed by atoms with E-state index in [9.17, 15) is 4.79 Å². The van der Waals surface area contributed by atoms with Gasteiger partial charge in [-0.3, -0.25) is 9.69 Å². The average molecular weight is 325 g/mol. The fourth-order valence-electron chi connectivity index (χ4n) is 2.96. The Balaban J connectivity index is 2.00. The highest BCUT2D eigenvalue weighted by Crippen LogP contribution is 2.21.